The van der Waals surface area contributed by atoms with Crippen LogP contribution in [0.15, 0.2) is 17.5 Å². The third-order valence-corrected chi connectivity index (χ3v) is 4.89. The van der Waals surface area contributed by atoms with E-state index in [9.17, 15) is 4.79 Å². The van der Waals surface area contributed by atoms with Crippen LogP contribution >= 0.6 is 11.3 Å². The number of carbonyl (C=O) groups is 1. The zero-order chi connectivity index (χ0) is 14.4. The molecule has 3 unspecified atom stereocenters. The first-order valence-electron chi connectivity index (χ1n) is 7.13. The highest BCUT2D eigenvalue weighted by atomic mass is 32.1. The van der Waals surface area contributed by atoms with Crippen molar-refractivity contribution in [1.29, 1.82) is 0 Å². The summed E-state index contributed by atoms with van der Waals surface area (Å²) in [4.78, 5) is 12.8. The minimum atomic E-state index is -0.180. The van der Waals surface area contributed by atoms with Crippen LogP contribution in [0.3, 0.4) is 0 Å². The molecule has 0 aliphatic heterocycles. The van der Waals surface area contributed by atoms with E-state index in [0.717, 1.165) is 12.8 Å². The first-order chi connectivity index (χ1) is 9.74. The number of ether oxygens (including phenoxy) is 2. The number of hydrogen-bond donors (Lipinski definition) is 1. The quantitative estimate of drug-likeness (QED) is 0.820. The fourth-order valence-corrected chi connectivity index (χ4v) is 3.60. The van der Waals surface area contributed by atoms with Gasteiger partial charge in [0, 0.05) is 18.0 Å². The van der Waals surface area contributed by atoms with Gasteiger partial charge < -0.3 is 14.8 Å². The molecule has 0 amide bonds. The highest BCUT2D eigenvalue weighted by Crippen LogP contribution is 2.27. The Kier molecular flexibility index (Phi) is 6.01. The molecule has 1 aromatic rings. The molecular weight excluding hydrogens is 274 g/mol. The molecule has 0 bridgehead atoms. The number of thiophene rings is 1. The van der Waals surface area contributed by atoms with Crippen molar-refractivity contribution in [1.82, 2.24) is 5.32 Å². The van der Waals surface area contributed by atoms with Gasteiger partial charge in [-0.05, 0) is 24.3 Å². The minimum Gasteiger partial charge on any atom is -0.469 e. The Bertz CT molecular complexity index is 407. The standard InChI is InChI=1S/C15H23NO3S/c1-18-13-7-4-3-6-11(13)16-12(10-15(17)19-2)14-8-5-9-20-14/h5,8-9,11-13,16H,3-4,6-7,10H2,1-2H3. The molecule has 1 saturated carbocycles. The molecule has 3 atom stereocenters. The van der Waals surface area contributed by atoms with E-state index in [4.69, 9.17) is 9.47 Å². The summed E-state index contributed by atoms with van der Waals surface area (Å²) < 4.78 is 10.4. The minimum absolute atomic E-state index is 0.0169. The lowest BCUT2D eigenvalue weighted by molar-refractivity contribution is -0.141. The van der Waals surface area contributed by atoms with E-state index in [0.29, 0.717) is 12.5 Å². The normalized spacial score (nSPS) is 24.3. The zero-order valence-corrected chi connectivity index (χ0v) is 12.9. The molecule has 0 spiro atoms. The molecule has 0 saturated heterocycles. The van der Waals surface area contributed by atoms with E-state index in [2.05, 4.69) is 11.4 Å². The van der Waals surface area contributed by atoms with Crippen molar-refractivity contribution in [3.63, 3.8) is 0 Å². The Hall–Kier alpha value is -0.910. The van der Waals surface area contributed by atoms with Gasteiger partial charge in [-0.15, -0.1) is 11.3 Å². The Morgan fingerprint density at radius 3 is 2.90 bits per heavy atom. The van der Waals surface area contributed by atoms with Crippen molar-refractivity contribution in [3.8, 4) is 0 Å². The van der Waals surface area contributed by atoms with Gasteiger partial charge in [-0.1, -0.05) is 18.9 Å². The van der Waals surface area contributed by atoms with Crippen molar-refractivity contribution in [2.75, 3.05) is 14.2 Å². The highest BCUT2D eigenvalue weighted by Gasteiger charge is 2.28. The SMILES string of the molecule is COC(=O)CC(NC1CCCCC1OC)c1cccs1. The largest absolute Gasteiger partial charge is 0.469 e. The average molecular weight is 297 g/mol. The van der Waals surface area contributed by atoms with Crippen molar-refractivity contribution in [2.45, 2.75) is 50.3 Å². The second kappa shape index (κ2) is 7.76. The third kappa shape index (κ3) is 4.04. The Labute approximate surface area is 124 Å². The van der Waals surface area contributed by atoms with Crippen LogP contribution in [0.2, 0.25) is 0 Å². The number of hydrogen-bond acceptors (Lipinski definition) is 5. The maximum atomic E-state index is 11.6. The van der Waals surface area contributed by atoms with Crippen LogP contribution in [0.25, 0.3) is 0 Å². The number of nitrogens with one attached hydrogen (secondary N) is 1. The van der Waals surface area contributed by atoms with Gasteiger partial charge in [0.2, 0.25) is 0 Å². The summed E-state index contributed by atoms with van der Waals surface area (Å²) in [5.74, 6) is -0.180. The van der Waals surface area contributed by atoms with Gasteiger partial charge in [0.15, 0.2) is 0 Å². The number of methoxy groups -OCH3 is 2. The smallest absolute Gasteiger partial charge is 0.307 e. The van der Waals surface area contributed by atoms with Gasteiger partial charge in [-0.3, -0.25) is 4.79 Å². The molecule has 0 radical (unpaired) electrons. The summed E-state index contributed by atoms with van der Waals surface area (Å²) in [6, 6.07) is 4.41. The predicted molar refractivity (Wildman–Crippen MR) is 79.9 cm³/mol. The molecular formula is C15H23NO3S. The molecule has 1 aliphatic rings. The van der Waals surface area contributed by atoms with Crippen LogP contribution in [0.4, 0.5) is 0 Å². The molecule has 1 aromatic heterocycles. The maximum absolute atomic E-state index is 11.6. The van der Waals surface area contributed by atoms with E-state index >= 15 is 0 Å². The van der Waals surface area contributed by atoms with E-state index in [1.54, 1.807) is 18.4 Å². The zero-order valence-electron chi connectivity index (χ0n) is 12.1. The average Bonchev–Trinajstić information content (AvgIpc) is 3.01. The topological polar surface area (TPSA) is 47.6 Å². The molecule has 5 heteroatoms. The van der Waals surface area contributed by atoms with Crippen LogP contribution in [-0.4, -0.2) is 32.3 Å². The van der Waals surface area contributed by atoms with Gasteiger partial charge in [0.05, 0.1) is 25.7 Å². The van der Waals surface area contributed by atoms with Crippen LogP contribution in [0, 0.1) is 0 Å². The van der Waals surface area contributed by atoms with Gasteiger partial charge in [0.1, 0.15) is 0 Å². The second-order valence-corrected chi connectivity index (χ2v) is 6.16. The van der Waals surface area contributed by atoms with Crippen LogP contribution < -0.4 is 5.32 Å². The van der Waals surface area contributed by atoms with E-state index in [1.807, 2.05) is 11.4 Å². The van der Waals surface area contributed by atoms with Crippen molar-refractivity contribution < 1.29 is 14.3 Å². The van der Waals surface area contributed by atoms with Crippen molar-refractivity contribution in [2.24, 2.45) is 0 Å². The first-order valence-corrected chi connectivity index (χ1v) is 8.01. The molecule has 0 aromatic carbocycles. The molecule has 1 aliphatic carbocycles. The highest BCUT2D eigenvalue weighted by molar-refractivity contribution is 7.10. The molecule has 20 heavy (non-hydrogen) atoms. The third-order valence-electron chi connectivity index (χ3n) is 3.91. The molecule has 1 heterocycles. The molecule has 4 nitrogen and oxygen atoms in total. The lowest BCUT2D eigenvalue weighted by atomic mass is 9.91. The van der Waals surface area contributed by atoms with Gasteiger partial charge >= 0.3 is 5.97 Å². The van der Waals surface area contributed by atoms with Crippen LogP contribution in [0.1, 0.15) is 43.0 Å². The monoisotopic (exact) mass is 297 g/mol. The number of esters is 1. The summed E-state index contributed by atoms with van der Waals surface area (Å²) in [5, 5.41) is 5.65. The molecule has 2 rings (SSSR count). The summed E-state index contributed by atoms with van der Waals surface area (Å²) in [6.07, 6.45) is 5.23. The van der Waals surface area contributed by atoms with Crippen molar-refractivity contribution >= 4 is 17.3 Å². The Balaban J connectivity index is 2.04. The van der Waals surface area contributed by atoms with Gasteiger partial charge in [0.25, 0.3) is 0 Å². The second-order valence-electron chi connectivity index (χ2n) is 5.18. The lowest BCUT2D eigenvalue weighted by Crippen LogP contribution is -2.45. The molecule has 1 fully saturated rings. The summed E-state index contributed by atoms with van der Waals surface area (Å²) in [7, 11) is 3.21. The molecule has 112 valence electrons. The fourth-order valence-electron chi connectivity index (χ4n) is 2.81. The van der Waals surface area contributed by atoms with E-state index in [-0.39, 0.29) is 18.1 Å². The maximum Gasteiger partial charge on any atom is 0.307 e. The fraction of sp³-hybridized carbons (Fsp3) is 0.667. The summed E-state index contributed by atoms with van der Waals surface area (Å²) >= 11 is 1.67. The van der Waals surface area contributed by atoms with Crippen LogP contribution in [-0.2, 0) is 14.3 Å². The number of rotatable bonds is 6. The summed E-state index contributed by atoms with van der Waals surface area (Å²) in [5.41, 5.74) is 0. The van der Waals surface area contributed by atoms with Crippen molar-refractivity contribution in [3.05, 3.63) is 22.4 Å². The Morgan fingerprint density at radius 1 is 1.45 bits per heavy atom. The van der Waals surface area contributed by atoms with E-state index in [1.165, 1.54) is 24.8 Å². The van der Waals surface area contributed by atoms with E-state index < -0.39 is 0 Å². The molecule has 1 N–H and O–H groups in total. The first kappa shape index (κ1) is 15.5. The van der Waals surface area contributed by atoms with Crippen LogP contribution in [0.5, 0.6) is 0 Å². The lowest BCUT2D eigenvalue weighted by Gasteiger charge is -2.34. The summed E-state index contributed by atoms with van der Waals surface area (Å²) in [6.45, 7) is 0. The Morgan fingerprint density at radius 2 is 2.25 bits per heavy atom. The number of carbonyl (C=O) groups excluding carboxylic acids is 1. The van der Waals surface area contributed by atoms with Gasteiger partial charge in [-0.25, -0.2) is 0 Å². The van der Waals surface area contributed by atoms with Gasteiger partial charge in [-0.2, -0.15) is 0 Å². The predicted octanol–water partition coefficient (Wildman–Crippen LogP) is 2.90.